The van der Waals surface area contributed by atoms with Gasteiger partial charge in [0.2, 0.25) is 5.91 Å². The number of nitrogens with zero attached hydrogens (tertiary/aromatic N) is 1. The highest BCUT2D eigenvalue weighted by atomic mass is 16.5. The molecule has 3 fully saturated rings. The number of β-amino-alcohol motifs (C(OH)–C–C–N with tert-alkyl or cyclic N) is 1. The molecular weight excluding hydrogens is 448 g/mol. The summed E-state index contributed by atoms with van der Waals surface area (Å²) < 4.78 is 5.65. The fraction of sp³-hybridized carbons (Fsp3) is 0.444. The van der Waals surface area contributed by atoms with Crippen LogP contribution in [0.2, 0.25) is 0 Å². The van der Waals surface area contributed by atoms with Gasteiger partial charge in [-0.25, -0.2) is 9.59 Å². The topological polar surface area (TPSA) is 116 Å². The Morgan fingerprint density at radius 3 is 2.31 bits per heavy atom. The van der Waals surface area contributed by atoms with Crippen LogP contribution in [0.25, 0.3) is 11.1 Å². The molecule has 2 saturated carbocycles. The average molecular weight is 477 g/mol. The fourth-order valence-electron chi connectivity index (χ4n) is 6.53. The molecular formula is C27H28N2O6. The molecule has 1 unspecified atom stereocenters. The summed E-state index contributed by atoms with van der Waals surface area (Å²) >= 11 is 0. The minimum atomic E-state index is -1.87. The Morgan fingerprint density at radius 2 is 1.69 bits per heavy atom. The molecule has 3 aliphatic carbocycles. The highest BCUT2D eigenvalue weighted by molar-refractivity contribution is 5.89. The molecule has 2 amide bonds. The molecule has 8 nitrogen and oxygen atoms in total. The first kappa shape index (κ1) is 22.1. The molecule has 182 valence electrons. The maximum Gasteiger partial charge on any atom is 0.407 e. The molecule has 0 bridgehead atoms. The van der Waals surface area contributed by atoms with Gasteiger partial charge < -0.3 is 25.2 Å². The maximum absolute atomic E-state index is 13.2. The number of hydrogen-bond acceptors (Lipinski definition) is 5. The zero-order valence-corrected chi connectivity index (χ0v) is 19.3. The van der Waals surface area contributed by atoms with Crippen molar-refractivity contribution in [3.8, 4) is 11.1 Å². The molecule has 3 N–H and O–H groups in total. The molecule has 2 aromatic carbocycles. The van der Waals surface area contributed by atoms with Crippen LogP contribution >= 0.6 is 0 Å². The van der Waals surface area contributed by atoms with Gasteiger partial charge in [-0.3, -0.25) is 4.79 Å². The number of aliphatic hydroxyl groups is 1. The van der Waals surface area contributed by atoms with Crippen LogP contribution in [0.5, 0.6) is 0 Å². The van der Waals surface area contributed by atoms with Crippen molar-refractivity contribution in [2.75, 3.05) is 19.7 Å². The number of rotatable bonds is 5. The number of aliphatic carboxylic acids is 1. The third-order valence-corrected chi connectivity index (χ3v) is 8.44. The zero-order valence-electron chi connectivity index (χ0n) is 19.3. The Bertz CT molecular complexity index is 1180. The summed E-state index contributed by atoms with van der Waals surface area (Å²) in [5, 5.41) is 22.4. The van der Waals surface area contributed by atoms with Crippen molar-refractivity contribution in [3.05, 3.63) is 59.7 Å². The van der Waals surface area contributed by atoms with Crippen LogP contribution in [-0.2, 0) is 14.3 Å². The van der Waals surface area contributed by atoms with E-state index < -0.39 is 23.1 Å². The molecule has 4 aliphatic rings. The predicted octanol–water partition coefficient (Wildman–Crippen LogP) is 2.74. The van der Waals surface area contributed by atoms with Crippen LogP contribution in [0.15, 0.2) is 48.5 Å². The van der Waals surface area contributed by atoms with Gasteiger partial charge in [0.15, 0.2) is 5.60 Å². The van der Waals surface area contributed by atoms with Crippen LogP contribution in [0.1, 0.15) is 42.7 Å². The summed E-state index contributed by atoms with van der Waals surface area (Å²) in [7, 11) is 0. The SMILES string of the molecule is O=C(N[C@H]1C[C@@H]2C[C@]2(C(=O)N2CCC(O)(C(=O)O)C2)C1)OCC1c2ccccc2-c2ccccc21. The predicted molar refractivity (Wildman–Crippen MR) is 126 cm³/mol. The van der Waals surface area contributed by atoms with Gasteiger partial charge >= 0.3 is 12.1 Å². The average Bonchev–Trinajstić information content (AvgIpc) is 3.14. The van der Waals surface area contributed by atoms with Crippen molar-refractivity contribution in [1.82, 2.24) is 10.2 Å². The highest BCUT2D eigenvalue weighted by Crippen LogP contribution is 2.64. The van der Waals surface area contributed by atoms with Crippen LogP contribution in [0.3, 0.4) is 0 Å². The van der Waals surface area contributed by atoms with Gasteiger partial charge in [0.05, 0.1) is 12.0 Å². The summed E-state index contributed by atoms with van der Waals surface area (Å²) in [6.07, 6.45) is 1.52. The Balaban J connectivity index is 1.06. The minimum Gasteiger partial charge on any atom is -0.479 e. The van der Waals surface area contributed by atoms with E-state index in [4.69, 9.17) is 4.74 Å². The molecule has 35 heavy (non-hydrogen) atoms. The van der Waals surface area contributed by atoms with E-state index in [0.717, 1.165) is 17.5 Å². The second kappa shape index (κ2) is 7.81. The molecule has 4 atom stereocenters. The smallest absolute Gasteiger partial charge is 0.407 e. The number of carboxylic acids is 1. The monoisotopic (exact) mass is 476 g/mol. The van der Waals surface area contributed by atoms with Crippen LogP contribution in [0.4, 0.5) is 4.79 Å². The van der Waals surface area contributed by atoms with E-state index in [2.05, 4.69) is 29.6 Å². The summed E-state index contributed by atoms with van der Waals surface area (Å²) in [5.74, 6) is -1.23. The lowest BCUT2D eigenvalue weighted by Crippen LogP contribution is -2.44. The van der Waals surface area contributed by atoms with Gasteiger partial charge in [-0.1, -0.05) is 48.5 Å². The van der Waals surface area contributed by atoms with E-state index in [9.17, 15) is 24.6 Å². The summed E-state index contributed by atoms with van der Waals surface area (Å²) in [6, 6.07) is 16.2. The lowest BCUT2D eigenvalue weighted by Gasteiger charge is -2.24. The number of benzene rings is 2. The van der Waals surface area contributed by atoms with Gasteiger partial charge in [0, 0.05) is 24.9 Å². The lowest BCUT2D eigenvalue weighted by molar-refractivity contribution is -0.157. The normalized spacial score (nSPS) is 30.4. The van der Waals surface area contributed by atoms with Gasteiger partial charge in [-0.2, -0.15) is 0 Å². The highest BCUT2D eigenvalue weighted by Gasteiger charge is 2.67. The van der Waals surface area contributed by atoms with Crippen molar-refractivity contribution >= 4 is 18.0 Å². The second-order valence-corrected chi connectivity index (χ2v) is 10.5. The number of carbonyl (C=O) groups is 3. The third kappa shape index (κ3) is 3.50. The Hall–Kier alpha value is -3.39. The number of nitrogens with one attached hydrogen (secondary N) is 1. The number of carboxylic acid groups (broad SMARTS) is 1. The number of ether oxygens (including phenoxy) is 1. The molecule has 1 heterocycles. The standard InChI is InChI=1S/C27H28N2O6/c30-23(29-10-9-27(34,15-29)24(31)32)26-12-16(26)11-17(13-26)28-25(33)35-14-22-20-7-3-1-5-18(20)19-6-2-4-8-21(19)22/h1-8,16-17,22,34H,9-15H2,(H,28,33)(H,31,32)/t16-,17+,26+,27?/m1/s1. The Kier molecular flexibility index (Phi) is 4.93. The molecule has 8 heteroatoms. The molecule has 0 aromatic heterocycles. The van der Waals surface area contributed by atoms with Gasteiger partial charge in [0.25, 0.3) is 0 Å². The van der Waals surface area contributed by atoms with Crippen molar-refractivity contribution in [2.45, 2.75) is 43.2 Å². The van der Waals surface area contributed by atoms with Crippen molar-refractivity contribution in [2.24, 2.45) is 11.3 Å². The molecule has 1 aliphatic heterocycles. The number of hydrogen-bond donors (Lipinski definition) is 3. The summed E-state index contributed by atoms with van der Waals surface area (Å²) in [4.78, 5) is 38.6. The van der Waals surface area contributed by atoms with Gasteiger partial charge in [-0.05, 0) is 47.4 Å². The maximum atomic E-state index is 13.2. The van der Waals surface area contributed by atoms with E-state index in [1.54, 1.807) is 0 Å². The Morgan fingerprint density at radius 1 is 1.03 bits per heavy atom. The van der Waals surface area contributed by atoms with Crippen LogP contribution in [-0.4, -0.2) is 64.4 Å². The summed E-state index contributed by atoms with van der Waals surface area (Å²) in [5.41, 5.74) is 2.23. The first-order valence-electron chi connectivity index (χ1n) is 12.2. The summed E-state index contributed by atoms with van der Waals surface area (Å²) in [6.45, 7) is 0.294. The van der Waals surface area contributed by atoms with Gasteiger partial charge in [-0.15, -0.1) is 0 Å². The third-order valence-electron chi connectivity index (χ3n) is 8.44. The number of carbonyl (C=O) groups excluding carboxylic acids is 2. The number of amides is 2. The van der Waals surface area contributed by atoms with Gasteiger partial charge in [0.1, 0.15) is 6.61 Å². The van der Waals surface area contributed by atoms with E-state index in [1.807, 2.05) is 24.3 Å². The minimum absolute atomic E-state index is 0.0128. The van der Waals surface area contributed by atoms with E-state index in [0.29, 0.717) is 12.8 Å². The molecule has 6 rings (SSSR count). The zero-order chi connectivity index (χ0) is 24.4. The van der Waals surface area contributed by atoms with E-state index in [1.165, 1.54) is 16.0 Å². The van der Waals surface area contributed by atoms with Crippen molar-refractivity contribution in [3.63, 3.8) is 0 Å². The lowest BCUT2D eigenvalue weighted by atomic mass is 9.98. The second-order valence-electron chi connectivity index (χ2n) is 10.5. The molecule has 0 spiro atoms. The van der Waals surface area contributed by atoms with Crippen LogP contribution < -0.4 is 5.32 Å². The molecule has 0 radical (unpaired) electrons. The number of fused-ring (bicyclic) bond motifs is 4. The first-order valence-corrected chi connectivity index (χ1v) is 12.2. The van der Waals surface area contributed by atoms with Crippen molar-refractivity contribution in [1.29, 1.82) is 0 Å². The van der Waals surface area contributed by atoms with E-state index >= 15 is 0 Å². The number of likely N-dealkylation sites (tertiary alicyclic amines) is 1. The quantitative estimate of drug-likeness (QED) is 0.611. The molecule has 1 saturated heterocycles. The first-order chi connectivity index (χ1) is 16.8. The number of alkyl carbamates (subject to hydrolysis) is 1. The largest absolute Gasteiger partial charge is 0.479 e. The fourth-order valence-corrected chi connectivity index (χ4v) is 6.53. The van der Waals surface area contributed by atoms with Crippen LogP contribution in [0, 0.1) is 11.3 Å². The van der Waals surface area contributed by atoms with E-state index in [-0.39, 0.29) is 49.9 Å². The van der Waals surface area contributed by atoms with Crippen molar-refractivity contribution < 1.29 is 29.3 Å². The molecule has 2 aromatic rings. The Labute approximate surface area is 202 Å².